The molecule has 0 saturated carbocycles. The lowest BCUT2D eigenvalue weighted by Gasteiger charge is -2.24. The normalized spacial score (nSPS) is 17.4. The summed E-state index contributed by atoms with van der Waals surface area (Å²) < 4.78 is 0. The van der Waals surface area contributed by atoms with Gasteiger partial charge in [0.2, 0.25) is 5.91 Å². The lowest BCUT2D eigenvalue weighted by molar-refractivity contribution is -0.148. The number of nitrogens with zero attached hydrogens (tertiary/aromatic N) is 2. The molecule has 1 rings (SSSR count). The first kappa shape index (κ1) is 12.8. The van der Waals surface area contributed by atoms with Crippen LogP contribution in [0.15, 0.2) is 0 Å². The van der Waals surface area contributed by atoms with Gasteiger partial charge in [-0.15, -0.1) is 0 Å². The third-order valence-electron chi connectivity index (χ3n) is 2.50. The molecule has 90 valence electrons. The number of amides is 2. The van der Waals surface area contributed by atoms with Gasteiger partial charge < -0.3 is 14.9 Å². The smallest absolute Gasteiger partial charge is 0.326 e. The standard InChI is InChI=1S/C9H14N2O4S/c1-6(8(13)14)10(2)7(12)5-11-3-4-16-9(11)15/h6H,3-5H2,1-2H3,(H,13,14). The average Bonchev–Trinajstić information content (AvgIpc) is 2.62. The third kappa shape index (κ3) is 2.88. The second-order valence-electron chi connectivity index (χ2n) is 3.55. The summed E-state index contributed by atoms with van der Waals surface area (Å²) >= 11 is 1.17. The number of carbonyl (C=O) groups is 3. The fraction of sp³-hybridized carbons (Fsp3) is 0.667. The van der Waals surface area contributed by atoms with E-state index in [9.17, 15) is 14.4 Å². The van der Waals surface area contributed by atoms with Crippen molar-refractivity contribution in [1.82, 2.24) is 9.80 Å². The molecule has 1 aliphatic rings. The molecular weight excluding hydrogens is 232 g/mol. The highest BCUT2D eigenvalue weighted by molar-refractivity contribution is 8.13. The van der Waals surface area contributed by atoms with Gasteiger partial charge in [-0.2, -0.15) is 0 Å². The summed E-state index contributed by atoms with van der Waals surface area (Å²) in [4.78, 5) is 36.1. The zero-order valence-electron chi connectivity index (χ0n) is 9.17. The molecule has 0 spiro atoms. The maximum absolute atomic E-state index is 11.6. The predicted octanol–water partition coefficient (Wildman–Crippen LogP) is 0.0867. The van der Waals surface area contributed by atoms with E-state index in [-0.39, 0.29) is 17.7 Å². The number of thioether (sulfide) groups is 1. The average molecular weight is 246 g/mol. The van der Waals surface area contributed by atoms with Crippen molar-refractivity contribution in [3.05, 3.63) is 0 Å². The highest BCUT2D eigenvalue weighted by atomic mass is 32.2. The van der Waals surface area contributed by atoms with Crippen molar-refractivity contribution in [1.29, 1.82) is 0 Å². The number of likely N-dealkylation sites (N-methyl/N-ethyl adjacent to an activating group) is 1. The van der Waals surface area contributed by atoms with Crippen LogP contribution in [0, 0.1) is 0 Å². The van der Waals surface area contributed by atoms with Crippen molar-refractivity contribution in [2.45, 2.75) is 13.0 Å². The third-order valence-corrected chi connectivity index (χ3v) is 3.39. The second-order valence-corrected chi connectivity index (χ2v) is 4.60. The summed E-state index contributed by atoms with van der Waals surface area (Å²) in [6, 6.07) is -0.877. The maximum atomic E-state index is 11.6. The van der Waals surface area contributed by atoms with Gasteiger partial charge in [-0.3, -0.25) is 9.59 Å². The van der Waals surface area contributed by atoms with Gasteiger partial charge in [-0.05, 0) is 6.92 Å². The highest BCUT2D eigenvalue weighted by Gasteiger charge is 2.27. The highest BCUT2D eigenvalue weighted by Crippen LogP contribution is 2.16. The second kappa shape index (κ2) is 5.20. The molecule has 16 heavy (non-hydrogen) atoms. The van der Waals surface area contributed by atoms with Crippen LogP contribution < -0.4 is 0 Å². The number of aliphatic carboxylic acids is 1. The fourth-order valence-corrected chi connectivity index (χ4v) is 2.05. The number of hydrogen-bond acceptors (Lipinski definition) is 4. The quantitative estimate of drug-likeness (QED) is 0.760. The van der Waals surface area contributed by atoms with E-state index in [1.807, 2.05) is 0 Å². The molecule has 0 radical (unpaired) electrons. The van der Waals surface area contributed by atoms with Crippen molar-refractivity contribution in [3.63, 3.8) is 0 Å². The molecule has 0 aromatic rings. The zero-order valence-corrected chi connectivity index (χ0v) is 9.99. The van der Waals surface area contributed by atoms with Gasteiger partial charge in [0.25, 0.3) is 5.24 Å². The maximum Gasteiger partial charge on any atom is 0.326 e. The Hall–Kier alpha value is -1.24. The molecule has 6 nitrogen and oxygen atoms in total. The zero-order chi connectivity index (χ0) is 12.3. The lowest BCUT2D eigenvalue weighted by Crippen LogP contribution is -2.45. The topological polar surface area (TPSA) is 77.9 Å². The van der Waals surface area contributed by atoms with Crippen LogP contribution in [0.3, 0.4) is 0 Å². The summed E-state index contributed by atoms with van der Waals surface area (Å²) in [7, 11) is 1.43. The Morgan fingerprint density at radius 1 is 1.62 bits per heavy atom. The Morgan fingerprint density at radius 2 is 2.25 bits per heavy atom. The van der Waals surface area contributed by atoms with Crippen molar-refractivity contribution in [3.8, 4) is 0 Å². The molecule has 0 bridgehead atoms. The Labute approximate surface area is 97.6 Å². The number of hydrogen-bond donors (Lipinski definition) is 1. The summed E-state index contributed by atoms with van der Waals surface area (Å²) in [6.07, 6.45) is 0. The van der Waals surface area contributed by atoms with Gasteiger partial charge in [-0.1, -0.05) is 11.8 Å². The minimum Gasteiger partial charge on any atom is -0.480 e. The van der Waals surface area contributed by atoms with Crippen molar-refractivity contribution in [2.24, 2.45) is 0 Å². The summed E-state index contributed by atoms with van der Waals surface area (Å²) in [5.74, 6) is -0.728. The minimum absolute atomic E-state index is 0.0417. The van der Waals surface area contributed by atoms with Crippen LogP contribution in [0.25, 0.3) is 0 Å². The molecule has 1 N–H and O–H groups in total. The first-order valence-electron chi connectivity index (χ1n) is 4.83. The summed E-state index contributed by atoms with van der Waals surface area (Å²) in [5, 5.41) is 8.61. The molecule has 0 aliphatic carbocycles. The van der Waals surface area contributed by atoms with Gasteiger partial charge >= 0.3 is 5.97 Å². The minimum atomic E-state index is -1.06. The number of carbonyl (C=O) groups excluding carboxylic acids is 2. The molecule has 1 aliphatic heterocycles. The van der Waals surface area contributed by atoms with Crippen molar-refractivity contribution >= 4 is 28.9 Å². The van der Waals surface area contributed by atoms with Crippen LogP contribution in [0.2, 0.25) is 0 Å². The van der Waals surface area contributed by atoms with Gasteiger partial charge in [0.1, 0.15) is 12.6 Å². The monoisotopic (exact) mass is 246 g/mol. The molecule has 1 atom stereocenters. The molecule has 7 heteroatoms. The summed E-state index contributed by atoms with van der Waals surface area (Å²) in [6.45, 7) is 1.94. The molecule has 1 saturated heterocycles. The number of rotatable bonds is 4. The van der Waals surface area contributed by atoms with E-state index in [4.69, 9.17) is 5.11 Å². The largest absolute Gasteiger partial charge is 0.480 e. The van der Waals surface area contributed by atoms with E-state index in [1.165, 1.54) is 30.6 Å². The van der Waals surface area contributed by atoms with Gasteiger partial charge in [0.05, 0.1) is 0 Å². The molecule has 0 aromatic carbocycles. The van der Waals surface area contributed by atoms with Gasteiger partial charge in [0.15, 0.2) is 0 Å². The van der Waals surface area contributed by atoms with E-state index in [2.05, 4.69) is 0 Å². The van der Waals surface area contributed by atoms with Crippen LogP contribution in [-0.2, 0) is 9.59 Å². The fourth-order valence-electron chi connectivity index (χ4n) is 1.23. The number of carboxylic acid groups (broad SMARTS) is 1. The molecule has 1 heterocycles. The van der Waals surface area contributed by atoms with Crippen LogP contribution in [0.5, 0.6) is 0 Å². The van der Waals surface area contributed by atoms with Gasteiger partial charge in [0, 0.05) is 19.3 Å². The van der Waals surface area contributed by atoms with E-state index < -0.39 is 12.0 Å². The van der Waals surface area contributed by atoms with Crippen LogP contribution in [0.1, 0.15) is 6.92 Å². The molecule has 1 fully saturated rings. The van der Waals surface area contributed by atoms with Crippen molar-refractivity contribution in [2.75, 3.05) is 25.9 Å². The van der Waals surface area contributed by atoms with Crippen LogP contribution in [-0.4, -0.2) is 64.0 Å². The molecule has 0 aromatic heterocycles. The molecule has 1 unspecified atom stereocenters. The van der Waals surface area contributed by atoms with Crippen molar-refractivity contribution < 1.29 is 19.5 Å². The van der Waals surface area contributed by atoms with E-state index in [1.54, 1.807) is 0 Å². The first-order valence-corrected chi connectivity index (χ1v) is 5.82. The number of carboxylic acids is 1. The van der Waals surface area contributed by atoms with Crippen LogP contribution >= 0.6 is 11.8 Å². The molecular formula is C9H14N2O4S. The van der Waals surface area contributed by atoms with Crippen LogP contribution in [0.4, 0.5) is 4.79 Å². The predicted molar refractivity (Wildman–Crippen MR) is 59.3 cm³/mol. The Bertz CT molecular complexity index is 321. The van der Waals surface area contributed by atoms with E-state index in [0.29, 0.717) is 12.3 Å². The Morgan fingerprint density at radius 3 is 2.69 bits per heavy atom. The Kier molecular flexibility index (Phi) is 4.17. The SMILES string of the molecule is CC(C(=O)O)N(C)C(=O)CN1CCSC1=O. The first-order chi connectivity index (χ1) is 7.43. The summed E-state index contributed by atoms with van der Waals surface area (Å²) in [5.41, 5.74) is 0. The lowest BCUT2D eigenvalue weighted by atomic mass is 10.3. The van der Waals surface area contributed by atoms with E-state index >= 15 is 0 Å². The van der Waals surface area contributed by atoms with Gasteiger partial charge in [-0.25, -0.2) is 4.79 Å². The Balaban J connectivity index is 2.51. The molecule has 2 amide bonds. The van der Waals surface area contributed by atoms with E-state index in [0.717, 1.165) is 4.90 Å².